The Labute approximate surface area is 204 Å². The summed E-state index contributed by atoms with van der Waals surface area (Å²) in [5.41, 5.74) is 6.30. The summed E-state index contributed by atoms with van der Waals surface area (Å²) in [5.74, 6) is 0.336. The van der Waals surface area contributed by atoms with Crippen LogP contribution in [0.3, 0.4) is 0 Å². The van der Waals surface area contributed by atoms with Crippen molar-refractivity contribution in [3.05, 3.63) is 71.8 Å². The number of nitrogens with zero attached hydrogens (tertiary/aromatic N) is 1. The maximum Gasteiger partial charge on any atom is 0.281 e. The zero-order chi connectivity index (χ0) is 21.5. The fourth-order valence-electron chi connectivity index (χ4n) is 4.26. The molecule has 32 heavy (non-hydrogen) atoms. The average molecular weight is 479 g/mol. The van der Waals surface area contributed by atoms with Crippen LogP contribution >= 0.6 is 0 Å². The van der Waals surface area contributed by atoms with E-state index >= 15 is 0 Å². The first-order valence-electron chi connectivity index (χ1n) is 11.0. The molecule has 2 aromatic rings. The highest BCUT2D eigenvalue weighted by Gasteiger charge is 2.38. The molecule has 176 valence electrons. The molecule has 4 N–H and O–H groups in total. The SMILES string of the molecule is CC(C)C[C@H]([NH3+])C(=O)N1CCC[C@H]1C(=O)N[C@@H](Cc1ccccc1)c1ccccc1.[Cl-].[Cl-]. The third kappa shape index (κ3) is 7.51. The minimum absolute atomic E-state index is 0. The normalized spacial score (nSPS) is 17.1. The molecule has 0 bridgehead atoms. The second kappa shape index (κ2) is 13.5. The summed E-state index contributed by atoms with van der Waals surface area (Å²) in [4.78, 5) is 27.9. The molecule has 0 radical (unpaired) electrons. The first kappa shape index (κ1) is 28.0. The quantitative estimate of drug-likeness (QED) is 0.417. The number of amides is 2. The lowest BCUT2D eigenvalue weighted by Crippen LogP contribution is -3.00. The molecule has 5 nitrogen and oxygen atoms in total. The second-order valence-electron chi connectivity index (χ2n) is 8.68. The Bertz CT molecular complexity index is 834. The summed E-state index contributed by atoms with van der Waals surface area (Å²) >= 11 is 0. The second-order valence-corrected chi connectivity index (χ2v) is 8.68. The molecule has 0 spiro atoms. The van der Waals surface area contributed by atoms with Gasteiger partial charge in [0.25, 0.3) is 5.91 Å². The average Bonchev–Trinajstić information content (AvgIpc) is 3.23. The maximum atomic E-state index is 13.3. The van der Waals surface area contributed by atoms with Gasteiger partial charge in [-0.05, 0) is 36.3 Å². The molecule has 0 aromatic heterocycles. The summed E-state index contributed by atoms with van der Waals surface area (Å²) in [6.07, 6.45) is 3.01. The Hall–Kier alpha value is -2.08. The fourth-order valence-corrected chi connectivity index (χ4v) is 4.26. The molecule has 3 rings (SSSR count). The van der Waals surface area contributed by atoms with Crippen LogP contribution in [0.25, 0.3) is 0 Å². The number of nitrogens with one attached hydrogen (secondary N) is 1. The van der Waals surface area contributed by atoms with E-state index in [-0.39, 0.29) is 48.7 Å². The van der Waals surface area contributed by atoms with E-state index in [0.717, 1.165) is 18.4 Å². The van der Waals surface area contributed by atoms with Crippen LogP contribution in [-0.2, 0) is 16.0 Å². The molecular weight excluding hydrogens is 445 g/mol. The Morgan fingerprint density at radius 1 is 1.03 bits per heavy atom. The first-order chi connectivity index (χ1) is 14.5. The lowest BCUT2D eigenvalue weighted by Gasteiger charge is -2.28. The monoisotopic (exact) mass is 478 g/mol. The number of likely N-dealkylation sites (tertiary alicyclic amines) is 1. The predicted molar refractivity (Wildman–Crippen MR) is 118 cm³/mol. The van der Waals surface area contributed by atoms with Crippen LogP contribution in [0.15, 0.2) is 60.7 Å². The van der Waals surface area contributed by atoms with Gasteiger partial charge in [-0.15, -0.1) is 0 Å². The van der Waals surface area contributed by atoms with E-state index in [1.54, 1.807) is 4.90 Å². The number of carbonyl (C=O) groups excluding carboxylic acids is 2. The van der Waals surface area contributed by atoms with Crippen LogP contribution in [0.5, 0.6) is 0 Å². The van der Waals surface area contributed by atoms with Crippen molar-refractivity contribution in [2.24, 2.45) is 5.92 Å². The van der Waals surface area contributed by atoms with Gasteiger partial charge >= 0.3 is 0 Å². The minimum Gasteiger partial charge on any atom is -1.00 e. The van der Waals surface area contributed by atoms with E-state index in [0.29, 0.717) is 25.3 Å². The van der Waals surface area contributed by atoms with Gasteiger partial charge in [0.05, 0.1) is 6.04 Å². The molecule has 3 atom stereocenters. The van der Waals surface area contributed by atoms with E-state index in [4.69, 9.17) is 0 Å². The number of carbonyl (C=O) groups is 2. The van der Waals surface area contributed by atoms with Crippen LogP contribution in [0.2, 0.25) is 0 Å². The molecule has 2 amide bonds. The number of hydrogen-bond donors (Lipinski definition) is 2. The third-order valence-electron chi connectivity index (χ3n) is 5.74. The van der Waals surface area contributed by atoms with Crippen molar-refractivity contribution in [2.45, 2.75) is 57.7 Å². The van der Waals surface area contributed by atoms with Crippen LogP contribution < -0.4 is 35.9 Å². The maximum absolute atomic E-state index is 13.3. The van der Waals surface area contributed by atoms with Gasteiger partial charge in [-0.3, -0.25) is 9.59 Å². The lowest BCUT2D eigenvalue weighted by atomic mass is 9.98. The zero-order valence-electron chi connectivity index (χ0n) is 18.8. The highest BCUT2D eigenvalue weighted by atomic mass is 35.5. The largest absolute Gasteiger partial charge is 1.00 e. The summed E-state index contributed by atoms with van der Waals surface area (Å²) < 4.78 is 0. The van der Waals surface area contributed by atoms with E-state index in [1.807, 2.05) is 48.5 Å². The minimum atomic E-state index is -0.407. The molecule has 1 saturated heterocycles. The third-order valence-corrected chi connectivity index (χ3v) is 5.74. The van der Waals surface area contributed by atoms with Gasteiger partial charge in [-0.2, -0.15) is 0 Å². The van der Waals surface area contributed by atoms with E-state index in [1.165, 1.54) is 5.56 Å². The number of rotatable bonds is 8. The van der Waals surface area contributed by atoms with Gasteiger partial charge in [0, 0.05) is 13.0 Å². The Kier molecular flexibility index (Phi) is 11.8. The Morgan fingerprint density at radius 2 is 1.62 bits per heavy atom. The van der Waals surface area contributed by atoms with Crippen molar-refractivity contribution >= 4 is 11.8 Å². The summed E-state index contributed by atoms with van der Waals surface area (Å²) in [7, 11) is 0. The smallest absolute Gasteiger partial charge is 0.281 e. The molecule has 2 aromatic carbocycles. The number of hydrogen-bond acceptors (Lipinski definition) is 2. The number of quaternary nitrogens is 1. The molecule has 7 heteroatoms. The standard InChI is InChI=1S/C25H33N3O2.2ClH/c1-18(2)16-21(26)25(30)28-15-9-14-23(28)24(29)27-22(20-12-7-4-8-13-20)17-19-10-5-3-6-11-19;;/h3-8,10-13,18,21-23H,9,14-17,26H2,1-2H3,(H,27,29);2*1H/p-1/t21-,22-,23-;;/m0../s1. The van der Waals surface area contributed by atoms with Crippen LogP contribution in [0.1, 0.15) is 50.3 Å². The Balaban J connectivity index is 0.00000256. The van der Waals surface area contributed by atoms with Crippen molar-refractivity contribution in [2.75, 3.05) is 6.54 Å². The number of benzene rings is 2. The summed E-state index contributed by atoms with van der Waals surface area (Å²) in [6, 6.07) is 19.4. The topological polar surface area (TPSA) is 77.1 Å². The number of halogens is 2. The van der Waals surface area contributed by atoms with Gasteiger partial charge in [0.1, 0.15) is 6.04 Å². The molecule has 0 aliphatic carbocycles. The van der Waals surface area contributed by atoms with Crippen molar-refractivity contribution in [1.82, 2.24) is 10.2 Å². The van der Waals surface area contributed by atoms with Crippen LogP contribution in [-0.4, -0.2) is 35.3 Å². The highest BCUT2D eigenvalue weighted by molar-refractivity contribution is 5.90. The highest BCUT2D eigenvalue weighted by Crippen LogP contribution is 2.23. The molecule has 0 saturated carbocycles. The van der Waals surface area contributed by atoms with Crippen molar-refractivity contribution in [3.8, 4) is 0 Å². The zero-order valence-corrected chi connectivity index (χ0v) is 20.4. The van der Waals surface area contributed by atoms with E-state index < -0.39 is 6.04 Å². The van der Waals surface area contributed by atoms with Crippen molar-refractivity contribution in [1.29, 1.82) is 0 Å². The summed E-state index contributed by atoms with van der Waals surface area (Å²) in [5, 5.41) is 3.24. The molecular formula is C25H34Cl2N3O2-. The lowest BCUT2D eigenvalue weighted by molar-refractivity contribution is -0.408. The predicted octanol–water partition coefficient (Wildman–Crippen LogP) is -3.26. The first-order valence-corrected chi connectivity index (χ1v) is 11.0. The Morgan fingerprint density at radius 3 is 2.22 bits per heavy atom. The van der Waals surface area contributed by atoms with Gasteiger partial charge in [0.15, 0.2) is 6.04 Å². The fraction of sp³-hybridized carbons (Fsp3) is 0.440. The van der Waals surface area contributed by atoms with Gasteiger partial charge in [-0.1, -0.05) is 74.5 Å². The molecule has 1 aliphatic heterocycles. The molecule has 1 aliphatic rings. The molecule has 1 fully saturated rings. The van der Waals surface area contributed by atoms with Gasteiger partial charge < -0.3 is 40.8 Å². The molecule has 0 unspecified atom stereocenters. The molecule has 1 heterocycles. The van der Waals surface area contributed by atoms with Crippen LogP contribution in [0.4, 0.5) is 0 Å². The van der Waals surface area contributed by atoms with Crippen LogP contribution in [0, 0.1) is 5.92 Å². The van der Waals surface area contributed by atoms with E-state index in [2.05, 4.69) is 37.0 Å². The van der Waals surface area contributed by atoms with E-state index in [9.17, 15) is 9.59 Å². The van der Waals surface area contributed by atoms with Crippen molar-refractivity contribution < 1.29 is 40.1 Å². The summed E-state index contributed by atoms with van der Waals surface area (Å²) in [6.45, 7) is 4.82. The van der Waals surface area contributed by atoms with Crippen molar-refractivity contribution in [3.63, 3.8) is 0 Å². The van der Waals surface area contributed by atoms with Gasteiger partial charge in [-0.25, -0.2) is 0 Å². The van der Waals surface area contributed by atoms with Gasteiger partial charge in [0.2, 0.25) is 5.91 Å².